The van der Waals surface area contributed by atoms with Gasteiger partial charge in [0.05, 0.1) is 13.2 Å². The van der Waals surface area contributed by atoms with E-state index >= 15 is 0 Å². The highest BCUT2D eigenvalue weighted by Crippen LogP contribution is 1.83. The highest BCUT2D eigenvalue weighted by Gasteiger charge is 1.97. The Kier molecular flexibility index (Phi) is 4.87. The smallest absolute Gasteiger partial charge is 0.166 e. The highest BCUT2D eigenvalue weighted by atomic mass is 32.1. The summed E-state index contributed by atoms with van der Waals surface area (Å²) in [6.07, 6.45) is 1.46. The van der Waals surface area contributed by atoms with Crippen molar-refractivity contribution in [3.8, 4) is 0 Å². The van der Waals surface area contributed by atoms with Crippen LogP contribution in [0.5, 0.6) is 0 Å². The number of methoxy groups -OCH3 is 1. The second kappa shape index (κ2) is 6.28. The fourth-order valence-corrected chi connectivity index (χ4v) is 0.983. The van der Waals surface area contributed by atoms with Crippen molar-refractivity contribution in [2.24, 2.45) is 0 Å². The summed E-state index contributed by atoms with van der Waals surface area (Å²) < 4.78 is 4.86. The molecule has 0 fully saturated rings. The Labute approximate surface area is 87.4 Å². The average Bonchev–Trinajstić information content (AvgIpc) is 2.68. The molecule has 0 saturated heterocycles. The monoisotopic (exact) mass is 215 g/mol. The van der Waals surface area contributed by atoms with Crippen molar-refractivity contribution in [3.05, 3.63) is 12.2 Å². The van der Waals surface area contributed by atoms with Crippen molar-refractivity contribution < 1.29 is 4.74 Å². The second-order valence-electron chi connectivity index (χ2n) is 2.53. The Bertz CT molecular complexity index is 263. The zero-order chi connectivity index (χ0) is 10.2. The molecule has 7 heteroatoms. The van der Waals surface area contributed by atoms with Crippen LogP contribution < -0.4 is 10.6 Å². The molecule has 0 radical (unpaired) electrons. The fraction of sp³-hybridized carbons (Fsp3) is 0.571. The summed E-state index contributed by atoms with van der Waals surface area (Å²) in [5, 5.41) is 13.0. The molecule has 0 aliphatic carbocycles. The first-order valence-electron chi connectivity index (χ1n) is 4.18. The van der Waals surface area contributed by atoms with Crippen LogP contribution in [-0.4, -0.2) is 40.6 Å². The van der Waals surface area contributed by atoms with Crippen molar-refractivity contribution in [1.29, 1.82) is 0 Å². The molecular weight excluding hydrogens is 202 g/mol. The van der Waals surface area contributed by atoms with Crippen LogP contribution >= 0.6 is 12.2 Å². The highest BCUT2D eigenvalue weighted by molar-refractivity contribution is 7.80. The number of rotatable bonds is 5. The quantitative estimate of drug-likeness (QED) is 0.450. The van der Waals surface area contributed by atoms with Gasteiger partial charge in [0.25, 0.3) is 0 Å². The maximum absolute atomic E-state index is 5.00. The Morgan fingerprint density at radius 3 is 3.14 bits per heavy atom. The molecule has 0 saturated carbocycles. The summed E-state index contributed by atoms with van der Waals surface area (Å²) in [5.41, 5.74) is 0. The topological polar surface area (TPSA) is 74.9 Å². The number of nitrogens with zero attached hydrogens (tertiary/aromatic N) is 2. The largest absolute Gasteiger partial charge is 0.383 e. The van der Waals surface area contributed by atoms with E-state index in [-0.39, 0.29) is 0 Å². The lowest BCUT2D eigenvalue weighted by Crippen LogP contribution is -2.36. The number of hydrogen-bond acceptors (Lipinski definition) is 4. The molecule has 0 aromatic carbocycles. The number of thiocarbonyl (C=S) groups is 1. The molecule has 0 unspecified atom stereocenters. The van der Waals surface area contributed by atoms with Crippen molar-refractivity contribution in [1.82, 2.24) is 25.8 Å². The van der Waals surface area contributed by atoms with Crippen LogP contribution in [0.1, 0.15) is 5.82 Å². The predicted molar refractivity (Wildman–Crippen MR) is 55.7 cm³/mol. The zero-order valence-electron chi connectivity index (χ0n) is 7.91. The molecule has 1 rings (SSSR count). The first kappa shape index (κ1) is 10.9. The molecule has 14 heavy (non-hydrogen) atoms. The predicted octanol–water partition coefficient (Wildman–Crippen LogP) is -0.585. The molecule has 0 aliphatic heterocycles. The molecule has 1 heterocycles. The van der Waals surface area contributed by atoms with E-state index in [1.807, 2.05) is 0 Å². The van der Waals surface area contributed by atoms with Crippen molar-refractivity contribution in [3.63, 3.8) is 0 Å². The minimum absolute atomic E-state index is 0.540. The third-order valence-electron chi connectivity index (χ3n) is 1.47. The Morgan fingerprint density at radius 2 is 2.50 bits per heavy atom. The van der Waals surface area contributed by atoms with E-state index in [4.69, 9.17) is 17.0 Å². The third kappa shape index (κ3) is 4.15. The van der Waals surface area contributed by atoms with E-state index in [0.29, 0.717) is 24.8 Å². The van der Waals surface area contributed by atoms with Gasteiger partial charge in [-0.05, 0) is 12.2 Å². The number of hydrogen-bond donors (Lipinski definition) is 3. The molecule has 0 spiro atoms. The molecule has 1 aromatic heterocycles. The van der Waals surface area contributed by atoms with E-state index in [1.54, 1.807) is 7.11 Å². The fourth-order valence-electron chi connectivity index (χ4n) is 0.809. The zero-order valence-corrected chi connectivity index (χ0v) is 8.73. The Balaban J connectivity index is 2.09. The van der Waals surface area contributed by atoms with Crippen molar-refractivity contribution in [2.45, 2.75) is 6.54 Å². The molecule has 6 nitrogen and oxygen atoms in total. The number of aromatic nitrogens is 3. The van der Waals surface area contributed by atoms with E-state index in [1.165, 1.54) is 6.33 Å². The van der Waals surface area contributed by atoms with Crippen LogP contribution in [0.15, 0.2) is 6.33 Å². The maximum Gasteiger partial charge on any atom is 0.166 e. The van der Waals surface area contributed by atoms with Gasteiger partial charge < -0.3 is 15.4 Å². The van der Waals surface area contributed by atoms with Crippen LogP contribution in [0.3, 0.4) is 0 Å². The average molecular weight is 215 g/mol. The Hall–Kier alpha value is -1.21. The molecule has 0 aliphatic rings. The molecule has 0 bridgehead atoms. The summed E-state index contributed by atoms with van der Waals surface area (Å²) in [6, 6.07) is 0. The van der Waals surface area contributed by atoms with Gasteiger partial charge in [-0.2, -0.15) is 5.10 Å². The van der Waals surface area contributed by atoms with Gasteiger partial charge in [-0.1, -0.05) is 0 Å². The van der Waals surface area contributed by atoms with Crippen molar-refractivity contribution >= 4 is 17.3 Å². The van der Waals surface area contributed by atoms with Gasteiger partial charge in [-0.15, -0.1) is 0 Å². The van der Waals surface area contributed by atoms with Gasteiger partial charge in [-0.25, -0.2) is 4.98 Å². The molecular formula is C7H13N5OS. The van der Waals surface area contributed by atoms with Crippen LogP contribution in [-0.2, 0) is 11.3 Å². The van der Waals surface area contributed by atoms with E-state index in [2.05, 4.69) is 25.8 Å². The first-order valence-corrected chi connectivity index (χ1v) is 4.58. The lowest BCUT2D eigenvalue weighted by Gasteiger charge is -2.08. The summed E-state index contributed by atoms with van der Waals surface area (Å²) in [7, 11) is 1.65. The standard InChI is InChI=1S/C7H13N5OS/c1-13-3-2-8-7(14)9-4-6-10-5-11-12-6/h5H,2-4H2,1H3,(H2,8,9,14)(H,10,11,12). The minimum Gasteiger partial charge on any atom is -0.383 e. The summed E-state index contributed by atoms with van der Waals surface area (Å²) >= 11 is 5.00. The van der Waals surface area contributed by atoms with E-state index < -0.39 is 0 Å². The molecule has 0 atom stereocenters. The maximum atomic E-state index is 5.00. The molecule has 78 valence electrons. The van der Waals surface area contributed by atoms with E-state index in [0.717, 1.165) is 5.82 Å². The number of ether oxygens (including phenoxy) is 1. The molecule has 0 amide bonds. The Morgan fingerprint density at radius 1 is 1.64 bits per heavy atom. The van der Waals surface area contributed by atoms with E-state index in [9.17, 15) is 0 Å². The van der Waals surface area contributed by atoms with Gasteiger partial charge in [0, 0.05) is 13.7 Å². The summed E-state index contributed by atoms with van der Waals surface area (Å²) in [4.78, 5) is 3.94. The van der Waals surface area contributed by atoms with Crippen LogP contribution in [0.4, 0.5) is 0 Å². The number of nitrogens with one attached hydrogen (secondary N) is 3. The van der Waals surface area contributed by atoms with Gasteiger partial charge in [0.1, 0.15) is 12.2 Å². The first-order chi connectivity index (χ1) is 6.83. The van der Waals surface area contributed by atoms with Gasteiger partial charge in [-0.3, -0.25) is 5.10 Å². The normalized spacial score (nSPS) is 9.79. The van der Waals surface area contributed by atoms with Crippen molar-refractivity contribution in [2.75, 3.05) is 20.3 Å². The summed E-state index contributed by atoms with van der Waals surface area (Å²) in [6.45, 7) is 1.86. The molecule has 3 N–H and O–H groups in total. The van der Waals surface area contributed by atoms with Gasteiger partial charge in [0.15, 0.2) is 5.11 Å². The van der Waals surface area contributed by atoms with Crippen LogP contribution in [0.2, 0.25) is 0 Å². The van der Waals surface area contributed by atoms with Gasteiger partial charge >= 0.3 is 0 Å². The molecule has 1 aromatic rings. The van der Waals surface area contributed by atoms with Gasteiger partial charge in [0.2, 0.25) is 0 Å². The third-order valence-corrected chi connectivity index (χ3v) is 1.76. The van der Waals surface area contributed by atoms with Crippen LogP contribution in [0, 0.1) is 0 Å². The van der Waals surface area contributed by atoms with Crippen LogP contribution in [0.25, 0.3) is 0 Å². The SMILES string of the molecule is COCCNC(=S)NCc1ncn[nH]1. The number of aromatic amines is 1. The lowest BCUT2D eigenvalue weighted by atomic mass is 10.6. The minimum atomic E-state index is 0.540. The number of H-pyrrole nitrogens is 1. The summed E-state index contributed by atoms with van der Waals surface area (Å²) in [5.74, 6) is 0.751. The lowest BCUT2D eigenvalue weighted by molar-refractivity contribution is 0.204. The second-order valence-corrected chi connectivity index (χ2v) is 2.94.